The second kappa shape index (κ2) is 4.20. The van der Waals surface area contributed by atoms with E-state index >= 15 is 0 Å². The Labute approximate surface area is 83.5 Å². The van der Waals surface area contributed by atoms with Crippen LogP contribution in [0.4, 0.5) is 13.2 Å². The third-order valence-corrected chi connectivity index (χ3v) is 1.36. The molecule has 0 saturated heterocycles. The van der Waals surface area contributed by atoms with Gasteiger partial charge in [0.2, 0.25) is 0 Å². The maximum atomic E-state index is 12.5. The monoisotopic (exact) mass is 206 g/mol. The molecule has 0 aliphatic rings. The van der Waals surface area contributed by atoms with Gasteiger partial charge in [-0.25, -0.2) is 0 Å². The fourth-order valence-electron chi connectivity index (χ4n) is 0.983. The fraction of sp³-hybridized carbons (Fsp3) is 0.636. The summed E-state index contributed by atoms with van der Waals surface area (Å²) in [6.07, 6.45) is -1.84. The highest BCUT2D eigenvalue weighted by atomic mass is 19.4. The second-order valence-electron chi connectivity index (χ2n) is 4.69. The Morgan fingerprint density at radius 1 is 1.00 bits per heavy atom. The van der Waals surface area contributed by atoms with Crippen LogP contribution < -0.4 is 0 Å². The van der Waals surface area contributed by atoms with Gasteiger partial charge in [0.15, 0.2) is 0 Å². The summed E-state index contributed by atoms with van der Waals surface area (Å²) in [4.78, 5) is 0. The lowest BCUT2D eigenvalue weighted by molar-refractivity contribution is -0.0890. The Morgan fingerprint density at radius 3 is 1.64 bits per heavy atom. The SMILES string of the molecule is CC(C)=CC(=CC(C)(C)C)C(F)(F)F. The van der Waals surface area contributed by atoms with Crippen LogP contribution in [0.25, 0.3) is 0 Å². The molecule has 82 valence electrons. The van der Waals surface area contributed by atoms with Crippen molar-refractivity contribution in [3.05, 3.63) is 23.3 Å². The van der Waals surface area contributed by atoms with Crippen molar-refractivity contribution in [3.8, 4) is 0 Å². The highest BCUT2D eigenvalue weighted by Crippen LogP contribution is 2.31. The van der Waals surface area contributed by atoms with Gasteiger partial charge in [0.05, 0.1) is 5.57 Å². The van der Waals surface area contributed by atoms with Crippen molar-refractivity contribution in [2.75, 3.05) is 0 Å². The van der Waals surface area contributed by atoms with Gasteiger partial charge >= 0.3 is 6.18 Å². The van der Waals surface area contributed by atoms with E-state index in [0.29, 0.717) is 5.57 Å². The van der Waals surface area contributed by atoms with Crippen LogP contribution in [0.2, 0.25) is 0 Å². The van der Waals surface area contributed by atoms with E-state index in [1.54, 1.807) is 34.6 Å². The number of hydrogen-bond donors (Lipinski definition) is 0. The van der Waals surface area contributed by atoms with Crippen molar-refractivity contribution in [2.24, 2.45) is 5.41 Å². The predicted molar refractivity (Wildman–Crippen MR) is 53.0 cm³/mol. The van der Waals surface area contributed by atoms with Crippen molar-refractivity contribution in [3.63, 3.8) is 0 Å². The van der Waals surface area contributed by atoms with Crippen LogP contribution in [-0.2, 0) is 0 Å². The van der Waals surface area contributed by atoms with E-state index in [1.165, 1.54) is 12.2 Å². The van der Waals surface area contributed by atoms with Gasteiger partial charge in [-0.15, -0.1) is 0 Å². The van der Waals surface area contributed by atoms with Crippen LogP contribution in [0.3, 0.4) is 0 Å². The topological polar surface area (TPSA) is 0 Å². The molecule has 3 heteroatoms. The quantitative estimate of drug-likeness (QED) is 0.554. The Balaban J connectivity index is 5.14. The summed E-state index contributed by atoms with van der Waals surface area (Å²) >= 11 is 0. The zero-order valence-corrected chi connectivity index (χ0v) is 9.29. The summed E-state index contributed by atoms with van der Waals surface area (Å²) in [7, 11) is 0. The molecule has 0 spiro atoms. The summed E-state index contributed by atoms with van der Waals surface area (Å²) in [6.45, 7) is 8.55. The summed E-state index contributed by atoms with van der Waals surface area (Å²) in [5.41, 5.74) is -0.376. The molecule has 0 bridgehead atoms. The van der Waals surface area contributed by atoms with Crippen LogP contribution in [0.5, 0.6) is 0 Å². The van der Waals surface area contributed by atoms with Crippen LogP contribution in [0, 0.1) is 5.41 Å². The molecule has 0 amide bonds. The molecule has 0 radical (unpaired) electrons. The molecule has 0 aliphatic carbocycles. The molecule has 0 aliphatic heterocycles. The maximum absolute atomic E-state index is 12.5. The second-order valence-corrected chi connectivity index (χ2v) is 4.69. The molecule has 0 atom stereocenters. The van der Waals surface area contributed by atoms with Crippen molar-refractivity contribution < 1.29 is 13.2 Å². The third-order valence-electron chi connectivity index (χ3n) is 1.36. The van der Waals surface area contributed by atoms with Crippen molar-refractivity contribution in [1.29, 1.82) is 0 Å². The molecular formula is C11H17F3. The Morgan fingerprint density at radius 2 is 1.43 bits per heavy atom. The van der Waals surface area contributed by atoms with Crippen LogP contribution >= 0.6 is 0 Å². The summed E-state index contributed by atoms with van der Waals surface area (Å²) < 4.78 is 37.5. The largest absolute Gasteiger partial charge is 0.416 e. The van der Waals surface area contributed by atoms with Gasteiger partial charge in [-0.3, -0.25) is 0 Å². The maximum Gasteiger partial charge on any atom is 0.416 e. The van der Waals surface area contributed by atoms with Crippen LogP contribution in [-0.4, -0.2) is 6.18 Å². The summed E-state index contributed by atoms with van der Waals surface area (Å²) in [6, 6.07) is 0. The molecular weight excluding hydrogens is 189 g/mol. The molecule has 0 N–H and O–H groups in total. The van der Waals surface area contributed by atoms with E-state index in [4.69, 9.17) is 0 Å². The first kappa shape index (κ1) is 13.3. The molecule has 0 fully saturated rings. The molecule has 0 heterocycles. The smallest absolute Gasteiger partial charge is 0.166 e. The number of halogens is 3. The van der Waals surface area contributed by atoms with Gasteiger partial charge in [-0.05, 0) is 19.3 Å². The minimum Gasteiger partial charge on any atom is -0.166 e. The Kier molecular flexibility index (Phi) is 3.98. The van der Waals surface area contributed by atoms with E-state index < -0.39 is 17.2 Å². The highest BCUT2D eigenvalue weighted by molar-refractivity contribution is 5.28. The average molecular weight is 206 g/mol. The normalized spacial score (nSPS) is 14.1. The lowest BCUT2D eigenvalue weighted by Crippen LogP contribution is -2.14. The van der Waals surface area contributed by atoms with Gasteiger partial charge in [0, 0.05) is 0 Å². The first-order chi connectivity index (χ1) is 6.02. The minimum absolute atomic E-state index is 0.462. The Hall–Kier alpha value is -0.730. The molecule has 14 heavy (non-hydrogen) atoms. The standard InChI is InChI=1S/C11H17F3/c1-8(2)6-9(11(12,13)14)7-10(3,4)5/h6-7H,1-5H3. The first-order valence-electron chi connectivity index (χ1n) is 4.47. The van der Waals surface area contributed by atoms with E-state index in [1.807, 2.05) is 0 Å². The van der Waals surface area contributed by atoms with Crippen LogP contribution in [0.15, 0.2) is 23.3 Å². The van der Waals surface area contributed by atoms with Gasteiger partial charge in [-0.1, -0.05) is 38.5 Å². The molecule has 0 unspecified atom stereocenters. The van der Waals surface area contributed by atoms with E-state index in [9.17, 15) is 13.2 Å². The van der Waals surface area contributed by atoms with Gasteiger partial charge in [0.25, 0.3) is 0 Å². The predicted octanol–water partition coefficient (Wildman–Crippen LogP) is 4.49. The lowest BCUT2D eigenvalue weighted by atomic mass is 9.93. The van der Waals surface area contributed by atoms with E-state index in [2.05, 4.69) is 0 Å². The van der Waals surface area contributed by atoms with E-state index in [-0.39, 0.29) is 0 Å². The molecule has 0 aromatic heterocycles. The van der Waals surface area contributed by atoms with Gasteiger partial charge in [-0.2, -0.15) is 13.2 Å². The average Bonchev–Trinajstić information content (AvgIpc) is 1.78. The summed E-state index contributed by atoms with van der Waals surface area (Å²) in [5, 5.41) is 0. The van der Waals surface area contributed by atoms with Crippen molar-refractivity contribution in [1.82, 2.24) is 0 Å². The zero-order chi connectivity index (χ0) is 11.6. The van der Waals surface area contributed by atoms with Gasteiger partial charge in [0.1, 0.15) is 0 Å². The molecule has 0 saturated carbocycles. The number of alkyl halides is 3. The summed E-state index contributed by atoms with van der Waals surface area (Å²) in [5.74, 6) is 0. The lowest BCUT2D eigenvalue weighted by Gasteiger charge is -2.16. The van der Waals surface area contributed by atoms with Crippen LogP contribution in [0.1, 0.15) is 34.6 Å². The molecule has 0 nitrogen and oxygen atoms in total. The third kappa shape index (κ3) is 5.84. The van der Waals surface area contributed by atoms with Crippen molar-refractivity contribution in [2.45, 2.75) is 40.8 Å². The zero-order valence-electron chi connectivity index (χ0n) is 9.29. The first-order valence-corrected chi connectivity index (χ1v) is 4.47. The highest BCUT2D eigenvalue weighted by Gasteiger charge is 2.32. The molecule has 0 aromatic rings. The van der Waals surface area contributed by atoms with E-state index in [0.717, 1.165) is 0 Å². The number of allylic oxidation sites excluding steroid dienone is 4. The number of rotatable bonds is 1. The minimum atomic E-state index is -4.26. The van der Waals surface area contributed by atoms with Crippen molar-refractivity contribution >= 4 is 0 Å². The Bertz CT molecular complexity index is 245. The van der Waals surface area contributed by atoms with Gasteiger partial charge < -0.3 is 0 Å². The molecule has 0 rings (SSSR count). The molecule has 0 aromatic carbocycles. The fourth-order valence-corrected chi connectivity index (χ4v) is 0.983. The number of hydrogen-bond acceptors (Lipinski definition) is 0.